The van der Waals surface area contributed by atoms with Crippen LogP contribution in [-0.4, -0.2) is 40.6 Å². The van der Waals surface area contributed by atoms with Crippen LogP contribution in [0.4, 0.5) is 0 Å². The molecule has 1 saturated heterocycles. The van der Waals surface area contributed by atoms with Gasteiger partial charge < -0.3 is 14.4 Å². The summed E-state index contributed by atoms with van der Waals surface area (Å²) >= 11 is 0. The van der Waals surface area contributed by atoms with Gasteiger partial charge in [0.15, 0.2) is 11.6 Å². The van der Waals surface area contributed by atoms with E-state index in [2.05, 4.69) is 16.8 Å². The third-order valence-electron chi connectivity index (χ3n) is 3.39. The zero-order valence-electron chi connectivity index (χ0n) is 10.1. The van der Waals surface area contributed by atoms with Crippen molar-refractivity contribution in [2.45, 2.75) is 26.2 Å². The Kier molecular flexibility index (Phi) is 3.78. The molecular formula is C12H18N2O3. The van der Waals surface area contributed by atoms with E-state index in [1.807, 2.05) is 0 Å². The van der Waals surface area contributed by atoms with Crippen LogP contribution in [-0.2, 0) is 6.42 Å². The van der Waals surface area contributed by atoms with Crippen LogP contribution in [0.1, 0.15) is 36.1 Å². The summed E-state index contributed by atoms with van der Waals surface area (Å²) in [5.41, 5.74) is 0.00555. The minimum Gasteiger partial charge on any atom is -0.476 e. The first-order valence-electron chi connectivity index (χ1n) is 6.09. The Bertz CT molecular complexity index is 381. The summed E-state index contributed by atoms with van der Waals surface area (Å²) in [6, 6.07) is 0. The van der Waals surface area contributed by atoms with Crippen LogP contribution in [0.3, 0.4) is 0 Å². The second-order valence-corrected chi connectivity index (χ2v) is 4.51. The number of oxazole rings is 1. The van der Waals surface area contributed by atoms with Gasteiger partial charge in [-0.25, -0.2) is 9.78 Å². The molecule has 17 heavy (non-hydrogen) atoms. The maximum absolute atomic E-state index is 10.7. The van der Waals surface area contributed by atoms with E-state index in [0.717, 1.165) is 38.9 Å². The van der Waals surface area contributed by atoms with E-state index in [1.54, 1.807) is 0 Å². The SMILES string of the molecule is CCN1CCC(Cc2nc(C(=O)O)co2)CC1. The molecule has 0 spiro atoms. The highest BCUT2D eigenvalue weighted by Crippen LogP contribution is 2.21. The van der Waals surface area contributed by atoms with Crippen molar-refractivity contribution in [1.29, 1.82) is 0 Å². The van der Waals surface area contributed by atoms with E-state index in [-0.39, 0.29) is 5.69 Å². The van der Waals surface area contributed by atoms with Gasteiger partial charge in [-0.3, -0.25) is 0 Å². The van der Waals surface area contributed by atoms with Crippen LogP contribution < -0.4 is 0 Å². The average molecular weight is 238 g/mol. The number of likely N-dealkylation sites (tertiary alicyclic amines) is 1. The lowest BCUT2D eigenvalue weighted by Gasteiger charge is -2.30. The van der Waals surface area contributed by atoms with Crippen LogP contribution >= 0.6 is 0 Å². The van der Waals surface area contributed by atoms with Crippen LogP contribution in [0.15, 0.2) is 10.7 Å². The lowest BCUT2D eigenvalue weighted by molar-refractivity contribution is 0.0690. The van der Waals surface area contributed by atoms with Crippen molar-refractivity contribution in [2.24, 2.45) is 5.92 Å². The summed E-state index contributed by atoms with van der Waals surface area (Å²) in [5, 5.41) is 8.74. The van der Waals surface area contributed by atoms with E-state index >= 15 is 0 Å². The molecule has 1 aliphatic rings. The Balaban J connectivity index is 1.86. The van der Waals surface area contributed by atoms with Crippen LogP contribution in [0.2, 0.25) is 0 Å². The van der Waals surface area contributed by atoms with Crippen LogP contribution in [0.5, 0.6) is 0 Å². The van der Waals surface area contributed by atoms with Crippen molar-refractivity contribution < 1.29 is 14.3 Å². The highest BCUT2D eigenvalue weighted by Gasteiger charge is 2.20. The molecule has 1 fully saturated rings. The van der Waals surface area contributed by atoms with Gasteiger partial charge in [0.05, 0.1) is 0 Å². The second kappa shape index (κ2) is 5.31. The summed E-state index contributed by atoms with van der Waals surface area (Å²) in [6.45, 7) is 5.52. The summed E-state index contributed by atoms with van der Waals surface area (Å²) in [4.78, 5) is 17.0. The molecule has 0 unspecified atom stereocenters. The molecule has 0 aromatic carbocycles. The Labute approximate surface area is 100 Å². The number of aromatic nitrogens is 1. The van der Waals surface area contributed by atoms with Crippen molar-refractivity contribution in [1.82, 2.24) is 9.88 Å². The summed E-state index contributed by atoms with van der Waals surface area (Å²) in [5.74, 6) is 0.0937. The molecule has 0 bridgehead atoms. The summed E-state index contributed by atoms with van der Waals surface area (Å²) in [6.07, 6.45) is 4.25. The minimum absolute atomic E-state index is 0.00555. The Morgan fingerprint density at radius 2 is 2.29 bits per heavy atom. The third kappa shape index (κ3) is 3.06. The molecule has 0 atom stereocenters. The molecule has 0 saturated carbocycles. The third-order valence-corrected chi connectivity index (χ3v) is 3.39. The fourth-order valence-corrected chi connectivity index (χ4v) is 2.26. The lowest BCUT2D eigenvalue weighted by Crippen LogP contribution is -2.34. The first-order valence-corrected chi connectivity index (χ1v) is 6.09. The van der Waals surface area contributed by atoms with E-state index in [1.165, 1.54) is 6.26 Å². The predicted octanol–water partition coefficient (Wildman–Crippen LogP) is 1.65. The van der Waals surface area contributed by atoms with E-state index < -0.39 is 5.97 Å². The highest BCUT2D eigenvalue weighted by atomic mass is 16.4. The number of hydrogen-bond donors (Lipinski definition) is 1. The fourth-order valence-electron chi connectivity index (χ4n) is 2.26. The molecule has 0 radical (unpaired) electrons. The standard InChI is InChI=1S/C12H18N2O3/c1-2-14-5-3-9(4-6-14)7-11-13-10(8-17-11)12(15)16/h8-9H,2-7H2,1H3,(H,15,16). The number of carboxylic acid groups (broad SMARTS) is 1. The van der Waals surface area contributed by atoms with Gasteiger partial charge in [-0.05, 0) is 38.4 Å². The van der Waals surface area contributed by atoms with Crippen LogP contribution in [0.25, 0.3) is 0 Å². The maximum atomic E-state index is 10.7. The largest absolute Gasteiger partial charge is 0.476 e. The first kappa shape index (κ1) is 12.1. The van der Waals surface area contributed by atoms with Gasteiger partial charge in [-0.15, -0.1) is 0 Å². The average Bonchev–Trinajstić information content (AvgIpc) is 2.79. The van der Waals surface area contributed by atoms with Crippen LogP contribution in [0, 0.1) is 5.92 Å². The van der Waals surface area contributed by atoms with Gasteiger partial charge in [-0.1, -0.05) is 6.92 Å². The summed E-state index contributed by atoms with van der Waals surface area (Å²) in [7, 11) is 0. The first-order chi connectivity index (χ1) is 8.19. The van der Waals surface area contributed by atoms with Crippen molar-refractivity contribution in [3.8, 4) is 0 Å². The number of rotatable bonds is 4. The number of piperidine rings is 1. The van der Waals surface area contributed by atoms with Crippen molar-refractivity contribution in [3.63, 3.8) is 0 Å². The fraction of sp³-hybridized carbons (Fsp3) is 0.667. The molecule has 2 heterocycles. The molecule has 0 amide bonds. The monoisotopic (exact) mass is 238 g/mol. The number of hydrogen-bond acceptors (Lipinski definition) is 4. The molecule has 1 aromatic heterocycles. The molecule has 0 aliphatic carbocycles. The molecule has 94 valence electrons. The molecule has 5 heteroatoms. The van der Waals surface area contributed by atoms with Crippen molar-refractivity contribution in [2.75, 3.05) is 19.6 Å². The Hall–Kier alpha value is -1.36. The number of nitrogens with zero attached hydrogens (tertiary/aromatic N) is 2. The molecule has 1 aromatic rings. The molecule has 1 aliphatic heterocycles. The van der Waals surface area contributed by atoms with Gasteiger partial charge in [0.2, 0.25) is 0 Å². The van der Waals surface area contributed by atoms with Gasteiger partial charge in [0, 0.05) is 6.42 Å². The summed E-state index contributed by atoms with van der Waals surface area (Å²) < 4.78 is 5.18. The second-order valence-electron chi connectivity index (χ2n) is 4.51. The van der Waals surface area contributed by atoms with Crippen molar-refractivity contribution in [3.05, 3.63) is 17.8 Å². The Morgan fingerprint density at radius 3 is 2.82 bits per heavy atom. The highest BCUT2D eigenvalue weighted by molar-refractivity contribution is 5.84. The number of carboxylic acids is 1. The van der Waals surface area contributed by atoms with E-state index in [0.29, 0.717) is 11.8 Å². The van der Waals surface area contributed by atoms with Gasteiger partial charge in [0.25, 0.3) is 0 Å². The van der Waals surface area contributed by atoms with E-state index in [4.69, 9.17) is 9.52 Å². The molecule has 5 nitrogen and oxygen atoms in total. The van der Waals surface area contributed by atoms with Gasteiger partial charge in [0.1, 0.15) is 6.26 Å². The van der Waals surface area contributed by atoms with Crippen molar-refractivity contribution >= 4 is 5.97 Å². The molecule has 2 rings (SSSR count). The lowest BCUT2D eigenvalue weighted by atomic mass is 9.93. The number of aromatic carboxylic acids is 1. The molecular weight excluding hydrogens is 220 g/mol. The minimum atomic E-state index is -1.03. The smallest absolute Gasteiger partial charge is 0.357 e. The number of carbonyl (C=O) groups is 1. The normalized spacial score (nSPS) is 18.4. The topological polar surface area (TPSA) is 66.6 Å². The maximum Gasteiger partial charge on any atom is 0.357 e. The Morgan fingerprint density at radius 1 is 1.59 bits per heavy atom. The van der Waals surface area contributed by atoms with Gasteiger partial charge >= 0.3 is 5.97 Å². The molecule has 1 N–H and O–H groups in total. The quantitative estimate of drug-likeness (QED) is 0.863. The zero-order valence-corrected chi connectivity index (χ0v) is 10.1. The predicted molar refractivity (Wildman–Crippen MR) is 62.0 cm³/mol. The van der Waals surface area contributed by atoms with Gasteiger partial charge in [-0.2, -0.15) is 0 Å². The van der Waals surface area contributed by atoms with E-state index in [9.17, 15) is 4.79 Å². The zero-order chi connectivity index (χ0) is 12.3.